The van der Waals surface area contributed by atoms with Crippen LogP contribution in [0.15, 0.2) is 36.5 Å². The number of aldehydes is 1. The standard InChI is InChI=1S/C13H8Cl2N2O2/c14-9-2-3-10(11(15)5-9)13(19)17-12-4-1-8(7-18)6-16-12/h1-7H,(H,16,17,19). The van der Waals surface area contributed by atoms with Gasteiger partial charge in [-0.25, -0.2) is 4.98 Å². The molecule has 6 heteroatoms. The van der Waals surface area contributed by atoms with Gasteiger partial charge in [-0.3, -0.25) is 9.59 Å². The van der Waals surface area contributed by atoms with Crippen molar-refractivity contribution in [3.8, 4) is 0 Å². The largest absolute Gasteiger partial charge is 0.307 e. The van der Waals surface area contributed by atoms with E-state index >= 15 is 0 Å². The Kier molecular flexibility index (Phi) is 4.14. The van der Waals surface area contributed by atoms with E-state index in [4.69, 9.17) is 23.2 Å². The first-order valence-electron chi connectivity index (χ1n) is 5.28. The van der Waals surface area contributed by atoms with Crippen molar-refractivity contribution in [2.45, 2.75) is 0 Å². The molecule has 0 fully saturated rings. The molecule has 1 amide bonds. The Hall–Kier alpha value is -1.91. The summed E-state index contributed by atoms with van der Waals surface area (Å²) >= 11 is 11.7. The molecule has 19 heavy (non-hydrogen) atoms. The number of hydrogen-bond acceptors (Lipinski definition) is 3. The molecule has 0 aliphatic carbocycles. The number of halogens is 2. The van der Waals surface area contributed by atoms with E-state index < -0.39 is 5.91 Å². The van der Waals surface area contributed by atoms with Crippen LogP contribution in [0, 0.1) is 0 Å². The second-order valence-electron chi connectivity index (χ2n) is 3.67. The van der Waals surface area contributed by atoms with Crippen LogP contribution in [0.2, 0.25) is 10.0 Å². The number of anilines is 1. The number of carbonyl (C=O) groups is 2. The van der Waals surface area contributed by atoms with Crippen LogP contribution in [0.4, 0.5) is 5.82 Å². The zero-order chi connectivity index (χ0) is 13.8. The minimum Gasteiger partial charge on any atom is -0.307 e. The van der Waals surface area contributed by atoms with Crippen LogP contribution in [0.3, 0.4) is 0 Å². The van der Waals surface area contributed by atoms with Crippen LogP contribution < -0.4 is 5.32 Å². The SMILES string of the molecule is O=Cc1ccc(NC(=O)c2ccc(Cl)cc2Cl)nc1. The van der Waals surface area contributed by atoms with E-state index in [0.717, 1.165) is 0 Å². The normalized spacial score (nSPS) is 10.0. The van der Waals surface area contributed by atoms with Gasteiger partial charge in [0.1, 0.15) is 5.82 Å². The maximum atomic E-state index is 12.0. The molecule has 1 aromatic heterocycles. The Morgan fingerprint density at radius 2 is 2.00 bits per heavy atom. The van der Waals surface area contributed by atoms with Gasteiger partial charge in [0.25, 0.3) is 5.91 Å². The molecule has 0 unspecified atom stereocenters. The van der Waals surface area contributed by atoms with E-state index in [0.29, 0.717) is 28.3 Å². The number of nitrogens with one attached hydrogen (secondary N) is 1. The third-order valence-corrected chi connectivity index (χ3v) is 2.89. The maximum Gasteiger partial charge on any atom is 0.258 e. The molecule has 0 bridgehead atoms. The van der Waals surface area contributed by atoms with E-state index in [-0.39, 0.29) is 5.02 Å². The van der Waals surface area contributed by atoms with Gasteiger partial charge in [0.2, 0.25) is 0 Å². The highest BCUT2D eigenvalue weighted by molar-refractivity contribution is 6.37. The summed E-state index contributed by atoms with van der Waals surface area (Å²) in [7, 11) is 0. The van der Waals surface area contributed by atoms with Crippen LogP contribution in [-0.4, -0.2) is 17.2 Å². The van der Waals surface area contributed by atoms with Crippen LogP contribution >= 0.6 is 23.2 Å². The molecule has 2 rings (SSSR count). The summed E-state index contributed by atoms with van der Waals surface area (Å²) in [5.41, 5.74) is 0.731. The second-order valence-corrected chi connectivity index (χ2v) is 4.52. The third kappa shape index (κ3) is 3.30. The summed E-state index contributed by atoms with van der Waals surface area (Å²) in [5, 5.41) is 3.29. The summed E-state index contributed by atoms with van der Waals surface area (Å²) in [6.07, 6.45) is 2.04. The van der Waals surface area contributed by atoms with Gasteiger partial charge < -0.3 is 5.32 Å². The molecule has 1 aromatic carbocycles. The van der Waals surface area contributed by atoms with Crippen molar-refractivity contribution in [3.63, 3.8) is 0 Å². The predicted octanol–water partition coefficient (Wildman–Crippen LogP) is 3.45. The topological polar surface area (TPSA) is 59.1 Å². The first-order valence-corrected chi connectivity index (χ1v) is 6.03. The number of hydrogen-bond donors (Lipinski definition) is 1. The number of amides is 1. The quantitative estimate of drug-likeness (QED) is 0.882. The van der Waals surface area contributed by atoms with E-state index in [2.05, 4.69) is 10.3 Å². The molecule has 0 saturated carbocycles. The molecule has 0 aliphatic rings. The molecule has 0 spiro atoms. The van der Waals surface area contributed by atoms with Crippen molar-refractivity contribution in [1.29, 1.82) is 0 Å². The van der Waals surface area contributed by atoms with E-state index in [1.807, 2.05) is 0 Å². The number of rotatable bonds is 3. The minimum atomic E-state index is -0.395. The third-order valence-electron chi connectivity index (χ3n) is 2.34. The van der Waals surface area contributed by atoms with Crippen LogP contribution in [0.5, 0.6) is 0 Å². The molecule has 0 saturated heterocycles. The van der Waals surface area contributed by atoms with Gasteiger partial charge in [-0.1, -0.05) is 23.2 Å². The average Bonchev–Trinajstić information content (AvgIpc) is 2.39. The fourth-order valence-corrected chi connectivity index (χ4v) is 1.90. The Morgan fingerprint density at radius 1 is 1.21 bits per heavy atom. The first-order chi connectivity index (χ1) is 9.10. The second kappa shape index (κ2) is 5.82. The number of nitrogens with zero attached hydrogens (tertiary/aromatic N) is 1. The lowest BCUT2D eigenvalue weighted by Crippen LogP contribution is -2.13. The summed E-state index contributed by atoms with van der Waals surface area (Å²) in [6, 6.07) is 7.68. The highest BCUT2D eigenvalue weighted by atomic mass is 35.5. The molecule has 0 radical (unpaired) electrons. The Bertz CT molecular complexity index is 627. The summed E-state index contributed by atoms with van der Waals surface area (Å²) in [5.74, 6) is -0.0605. The Morgan fingerprint density at radius 3 is 2.58 bits per heavy atom. The molecular formula is C13H8Cl2N2O2. The van der Waals surface area contributed by atoms with Gasteiger partial charge in [0.05, 0.1) is 10.6 Å². The lowest BCUT2D eigenvalue weighted by atomic mass is 10.2. The van der Waals surface area contributed by atoms with Crippen LogP contribution in [0.1, 0.15) is 20.7 Å². The zero-order valence-corrected chi connectivity index (χ0v) is 11.1. The molecule has 96 valence electrons. The lowest BCUT2D eigenvalue weighted by Gasteiger charge is -2.06. The molecule has 4 nitrogen and oxygen atoms in total. The van der Waals surface area contributed by atoms with Gasteiger partial charge in [-0.15, -0.1) is 0 Å². The van der Waals surface area contributed by atoms with Crippen molar-refractivity contribution in [2.75, 3.05) is 5.32 Å². The van der Waals surface area contributed by atoms with Crippen molar-refractivity contribution in [1.82, 2.24) is 4.98 Å². The van der Waals surface area contributed by atoms with Gasteiger partial charge >= 0.3 is 0 Å². The highest BCUT2D eigenvalue weighted by Crippen LogP contribution is 2.21. The predicted molar refractivity (Wildman–Crippen MR) is 74.0 cm³/mol. The molecule has 2 aromatic rings. The highest BCUT2D eigenvalue weighted by Gasteiger charge is 2.11. The summed E-state index contributed by atoms with van der Waals surface area (Å²) in [6.45, 7) is 0. The van der Waals surface area contributed by atoms with Crippen molar-refractivity contribution < 1.29 is 9.59 Å². The minimum absolute atomic E-state index is 0.259. The van der Waals surface area contributed by atoms with Crippen LogP contribution in [-0.2, 0) is 0 Å². The van der Waals surface area contributed by atoms with Gasteiger partial charge in [-0.2, -0.15) is 0 Å². The number of pyridine rings is 1. The Labute approximate surface area is 119 Å². The van der Waals surface area contributed by atoms with Gasteiger partial charge in [0, 0.05) is 16.8 Å². The van der Waals surface area contributed by atoms with Crippen molar-refractivity contribution in [3.05, 3.63) is 57.7 Å². The molecule has 1 heterocycles. The molecule has 0 aliphatic heterocycles. The number of benzene rings is 1. The zero-order valence-electron chi connectivity index (χ0n) is 9.56. The van der Waals surface area contributed by atoms with Crippen molar-refractivity contribution >= 4 is 41.2 Å². The molecule has 0 atom stereocenters. The number of aromatic nitrogens is 1. The van der Waals surface area contributed by atoms with Gasteiger partial charge in [0.15, 0.2) is 6.29 Å². The summed E-state index contributed by atoms with van der Waals surface area (Å²) < 4.78 is 0. The molecular weight excluding hydrogens is 287 g/mol. The lowest BCUT2D eigenvalue weighted by molar-refractivity contribution is 0.102. The van der Waals surface area contributed by atoms with E-state index in [1.54, 1.807) is 12.1 Å². The van der Waals surface area contributed by atoms with Gasteiger partial charge in [-0.05, 0) is 30.3 Å². The monoisotopic (exact) mass is 294 g/mol. The fourth-order valence-electron chi connectivity index (χ4n) is 1.41. The molecule has 1 N–H and O–H groups in total. The van der Waals surface area contributed by atoms with Crippen molar-refractivity contribution in [2.24, 2.45) is 0 Å². The summed E-state index contributed by atoms with van der Waals surface area (Å²) in [4.78, 5) is 26.4. The fraction of sp³-hybridized carbons (Fsp3) is 0. The smallest absolute Gasteiger partial charge is 0.258 e. The average molecular weight is 295 g/mol. The number of carbonyl (C=O) groups excluding carboxylic acids is 2. The Balaban J connectivity index is 2.18. The van der Waals surface area contributed by atoms with E-state index in [1.165, 1.54) is 24.4 Å². The first kappa shape index (κ1) is 13.5. The van der Waals surface area contributed by atoms with E-state index in [9.17, 15) is 9.59 Å². The maximum absolute atomic E-state index is 12.0. The van der Waals surface area contributed by atoms with Crippen LogP contribution in [0.25, 0.3) is 0 Å².